The van der Waals surface area contributed by atoms with Crippen molar-refractivity contribution in [3.05, 3.63) is 97.2 Å². The summed E-state index contributed by atoms with van der Waals surface area (Å²) < 4.78 is 16.9. The minimum atomic E-state index is -0.798. The zero-order chi connectivity index (χ0) is 52.2. The molecule has 1 atom stereocenters. The summed E-state index contributed by atoms with van der Waals surface area (Å²) in [5.74, 6) is -0.935. The summed E-state index contributed by atoms with van der Waals surface area (Å²) in [6.07, 6.45) is 79.7. The molecule has 0 aromatic carbocycles. The number of carbonyl (C=O) groups is 3. The van der Waals surface area contributed by atoms with Gasteiger partial charge < -0.3 is 14.2 Å². The normalized spacial score (nSPS) is 12.8. The van der Waals surface area contributed by atoms with Gasteiger partial charge in [0.05, 0.1) is 0 Å². The lowest BCUT2D eigenvalue weighted by molar-refractivity contribution is -0.167. The number of esters is 3. The number of ether oxygens (including phenoxy) is 3. The van der Waals surface area contributed by atoms with Crippen molar-refractivity contribution in [3.8, 4) is 0 Å². The summed E-state index contributed by atoms with van der Waals surface area (Å²) in [6.45, 7) is 6.49. The Morgan fingerprint density at radius 3 is 0.875 bits per heavy atom. The average Bonchev–Trinajstić information content (AvgIpc) is 3.38. The molecule has 0 radical (unpaired) electrons. The van der Waals surface area contributed by atoms with Crippen LogP contribution in [0, 0.1) is 0 Å². The van der Waals surface area contributed by atoms with E-state index in [0.717, 1.165) is 103 Å². The Morgan fingerprint density at radius 1 is 0.292 bits per heavy atom. The van der Waals surface area contributed by atoms with Crippen molar-refractivity contribution in [2.24, 2.45) is 0 Å². The third-order valence-corrected chi connectivity index (χ3v) is 12.8. The van der Waals surface area contributed by atoms with Crippen LogP contribution in [-0.2, 0) is 28.6 Å². The van der Waals surface area contributed by atoms with Crippen LogP contribution in [0.3, 0.4) is 0 Å². The van der Waals surface area contributed by atoms with E-state index in [1.807, 2.05) is 0 Å². The van der Waals surface area contributed by atoms with Gasteiger partial charge >= 0.3 is 17.9 Å². The van der Waals surface area contributed by atoms with Gasteiger partial charge in [-0.1, -0.05) is 259 Å². The molecule has 0 bridgehead atoms. The van der Waals surface area contributed by atoms with Crippen molar-refractivity contribution < 1.29 is 28.6 Å². The fourth-order valence-electron chi connectivity index (χ4n) is 8.30. The molecule has 0 aliphatic heterocycles. The first-order chi connectivity index (χ1) is 35.5. The lowest BCUT2D eigenvalue weighted by Gasteiger charge is -2.18. The van der Waals surface area contributed by atoms with Gasteiger partial charge in [0.15, 0.2) is 6.10 Å². The van der Waals surface area contributed by atoms with Crippen LogP contribution in [0.25, 0.3) is 0 Å². The first-order valence-corrected chi connectivity index (χ1v) is 30.2. The van der Waals surface area contributed by atoms with Crippen LogP contribution in [0.1, 0.15) is 284 Å². The van der Waals surface area contributed by atoms with E-state index in [1.54, 1.807) is 0 Å². The Balaban J connectivity index is 4.42. The Morgan fingerprint density at radius 2 is 0.542 bits per heavy atom. The highest BCUT2D eigenvalue weighted by Gasteiger charge is 2.19. The van der Waals surface area contributed by atoms with Crippen LogP contribution >= 0.6 is 0 Å². The van der Waals surface area contributed by atoms with Crippen molar-refractivity contribution in [2.75, 3.05) is 13.2 Å². The second-order valence-corrected chi connectivity index (χ2v) is 19.9. The number of unbranched alkanes of at least 4 members (excludes halogenated alkanes) is 27. The number of rotatable bonds is 54. The van der Waals surface area contributed by atoms with Gasteiger partial charge in [-0.2, -0.15) is 0 Å². The molecule has 0 saturated carbocycles. The van der Waals surface area contributed by atoms with E-state index in [4.69, 9.17) is 14.2 Å². The number of allylic oxidation sites excluding steroid dienone is 16. The predicted octanol–water partition coefficient (Wildman–Crippen LogP) is 20.5. The molecule has 0 heterocycles. The van der Waals surface area contributed by atoms with E-state index >= 15 is 0 Å². The molecule has 0 aliphatic carbocycles. The molecular formula is C66H112O6. The highest BCUT2D eigenvalue weighted by atomic mass is 16.6. The Hall–Kier alpha value is -3.67. The molecule has 0 aromatic rings. The van der Waals surface area contributed by atoms with Crippen molar-refractivity contribution in [1.82, 2.24) is 0 Å². The molecule has 1 unspecified atom stereocenters. The molecule has 0 aliphatic rings. The van der Waals surface area contributed by atoms with Crippen LogP contribution in [-0.4, -0.2) is 37.2 Å². The van der Waals surface area contributed by atoms with Crippen molar-refractivity contribution in [3.63, 3.8) is 0 Å². The number of hydrogen-bond acceptors (Lipinski definition) is 6. The molecule has 0 N–H and O–H groups in total. The summed E-state index contributed by atoms with van der Waals surface area (Å²) in [4.78, 5) is 38.2. The number of hydrogen-bond donors (Lipinski definition) is 0. The van der Waals surface area contributed by atoms with Crippen LogP contribution in [0.15, 0.2) is 97.2 Å². The average molecular weight is 1000 g/mol. The first-order valence-electron chi connectivity index (χ1n) is 30.2. The van der Waals surface area contributed by atoms with Crippen LogP contribution in [0.4, 0.5) is 0 Å². The molecule has 0 rings (SSSR count). The van der Waals surface area contributed by atoms with E-state index in [9.17, 15) is 14.4 Å². The van der Waals surface area contributed by atoms with Crippen molar-refractivity contribution >= 4 is 17.9 Å². The second kappa shape index (κ2) is 59.9. The monoisotopic (exact) mass is 1000 g/mol. The van der Waals surface area contributed by atoms with Gasteiger partial charge in [0.1, 0.15) is 13.2 Å². The van der Waals surface area contributed by atoms with E-state index in [0.29, 0.717) is 19.3 Å². The smallest absolute Gasteiger partial charge is 0.306 e. The Bertz CT molecular complexity index is 1430. The first kappa shape index (κ1) is 68.3. The Kier molecular flexibility index (Phi) is 56.8. The van der Waals surface area contributed by atoms with Gasteiger partial charge in [-0.25, -0.2) is 0 Å². The maximum atomic E-state index is 12.9. The van der Waals surface area contributed by atoms with Crippen molar-refractivity contribution in [1.29, 1.82) is 0 Å². The zero-order valence-corrected chi connectivity index (χ0v) is 47.2. The molecule has 0 spiro atoms. The van der Waals surface area contributed by atoms with Gasteiger partial charge in [0, 0.05) is 19.3 Å². The molecule has 0 fully saturated rings. The quantitative estimate of drug-likeness (QED) is 0.0261. The summed E-state index contributed by atoms with van der Waals surface area (Å²) >= 11 is 0. The standard InChI is InChI=1S/C66H112O6/c1-4-7-10-13-16-19-22-25-27-29-31-33-35-37-39-41-44-47-50-53-56-59-65(68)71-62-63(61-70-64(67)58-55-52-49-46-43-24-21-18-15-12-9-6-3)72-66(69)60-57-54-51-48-45-42-40-38-36-34-32-30-28-26-23-20-17-14-11-8-5-2/h7,10,16,19,23,25-27,30-33,37,39,44,47,63H,4-6,8-9,11-15,17-18,20-22,24,28-29,34-36,38,40-43,45-46,48-62H2,1-3H3/b10-7-,19-16-,26-23-,27-25-,32-30-,33-31-,39-37-,47-44-. The molecular weight excluding hydrogens is 889 g/mol. The zero-order valence-electron chi connectivity index (χ0n) is 47.2. The maximum Gasteiger partial charge on any atom is 0.306 e. The fourth-order valence-corrected chi connectivity index (χ4v) is 8.30. The molecule has 6 nitrogen and oxygen atoms in total. The summed E-state index contributed by atoms with van der Waals surface area (Å²) in [7, 11) is 0. The van der Waals surface area contributed by atoms with Gasteiger partial charge in [-0.3, -0.25) is 14.4 Å². The third kappa shape index (κ3) is 57.2. The largest absolute Gasteiger partial charge is 0.462 e. The molecule has 0 saturated heterocycles. The highest BCUT2D eigenvalue weighted by molar-refractivity contribution is 5.71. The van der Waals surface area contributed by atoms with Gasteiger partial charge in [-0.05, 0) is 103 Å². The van der Waals surface area contributed by atoms with Gasteiger partial charge in [0.25, 0.3) is 0 Å². The van der Waals surface area contributed by atoms with E-state index in [-0.39, 0.29) is 31.1 Å². The van der Waals surface area contributed by atoms with E-state index in [2.05, 4.69) is 118 Å². The summed E-state index contributed by atoms with van der Waals surface area (Å²) in [6, 6.07) is 0. The topological polar surface area (TPSA) is 78.9 Å². The Labute approximate surface area is 445 Å². The van der Waals surface area contributed by atoms with Crippen molar-refractivity contribution in [2.45, 2.75) is 290 Å². The molecule has 0 aromatic heterocycles. The molecule has 72 heavy (non-hydrogen) atoms. The van der Waals surface area contributed by atoms with Crippen LogP contribution in [0.5, 0.6) is 0 Å². The number of carbonyl (C=O) groups excluding carboxylic acids is 3. The van der Waals surface area contributed by atoms with E-state index in [1.165, 1.54) is 141 Å². The maximum absolute atomic E-state index is 12.9. The SMILES string of the molecule is CC/C=C\C/C=C\C/C=C\C/C=C\C/C=C\C/C=C\CCCCC(=O)OCC(COC(=O)CCCCCCCCCCCCCC)OC(=O)CCCCCCCCCCC/C=C\C/C=C\CCCCCCC. The van der Waals surface area contributed by atoms with Crippen LogP contribution < -0.4 is 0 Å². The lowest BCUT2D eigenvalue weighted by atomic mass is 10.0. The van der Waals surface area contributed by atoms with Gasteiger partial charge in [-0.15, -0.1) is 0 Å². The summed E-state index contributed by atoms with van der Waals surface area (Å²) in [5, 5.41) is 0. The molecule has 412 valence electrons. The lowest BCUT2D eigenvalue weighted by Crippen LogP contribution is -2.30. The summed E-state index contributed by atoms with van der Waals surface area (Å²) in [5.41, 5.74) is 0. The highest BCUT2D eigenvalue weighted by Crippen LogP contribution is 2.15. The van der Waals surface area contributed by atoms with Gasteiger partial charge in [0.2, 0.25) is 0 Å². The van der Waals surface area contributed by atoms with E-state index < -0.39 is 6.10 Å². The minimum absolute atomic E-state index is 0.0915. The second-order valence-electron chi connectivity index (χ2n) is 19.9. The minimum Gasteiger partial charge on any atom is -0.462 e. The third-order valence-electron chi connectivity index (χ3n) is 12.8. The predicted molar refractivity (Wildman–Crippen MR) is 311 cm³/mol. The van der Waals surface area contributed by atoms with Crippen LogP contribution in [0.2, 0.25) is 0 Å². The molecule has 0 amide bonds. The molecule has 6 heteroatoms. The fraction of sp³-hybridized carbons (Fsp3) is 0.712.